The molecule has 0 saturated carbocycles. The van der Waals surface area contributed by atoms with Crippen LogP contribution in [-0.2, 0) is 0 Å². The van der Waals surface area contributed by atoms with E-state index in [0.717, 1.165) is 5.57 Å². The molecule has 0 saturated heterocycles. The average Bonchev–Trinajstić information content (AvgIpc) is 2.23. The van der Waals surface area contributed by atoms with E-state index in [0.29, 0.717) is 12.3 Å². The van der Waals surface area contributed by atoms with Crippen molar-refractivity contribution >= 4 is 71.0 Å². The molecule has 0 aliphatic heterocycles. The molecule has 0 aromatic carbocycles. The minimum atomic E-state index is -0.534. The van der Waals surface area contributed by atoms with Gasteiger partial charge in [0.1, 0.15) is 0 Å². The minimum absolute atomic E-state index is 0.0263. The van der Waals surface area contributed by atoms with Gasteiger partial charge in [-0.2, -0.15) is 0 Å². The third-order valence-electron chi connectivity index (χ3n) is 2.28. The molecule has 16 heavy (non-hydrogen) atoms. The summed E-state index contributed by atoms with van der Waals surface area (Å²) in [7, 11) is 0. The summed E-state index contributed by atoms with van der Waals surface area (Å²) in [5.41, 5.74) is 1.01. The van der Waals surface area contributed by atoms with E-state index in [-0.39, 0.29) is 9.11 Å². The van der Waals surface area contributed by atoms with Crippen LogP contribution in [0.4, 0.5) is 0 Å². The van der Waals surface area contributed by atoms with Gasteiger partial charge in [0.05, 0.1) is 19.5 Å². The second-order valence-corrected chi connectivity index (χ2v) is 9.60. The molecule has 1 nitrogen and oxygen atoms in total. The molecule has 0 fully saturated rings. The molecule has 0 aliphatic carbocycles. The van der Waals surface area contributed by atoms with Crippen LogP contribution in [0.2, 0.25) is 0 Å². The molecule has 0 radical (unpaired) electrons. The van der Waals surface area contributed by atoms with Crippen LogP contribution in [0.25, 0.3) is 0 Å². The number of aliphatic hydroxyl groups is 1. The molecule has 0 heterocycles. The van der Waals surface area contributed by atoms with Crippen LogP contribution in [0.5, 0.6) is 0 Å². The molecule has 3 unspecified atom stereocenters. The predicted molar refractivity (Wildman–Crippen MR) is 83.7 cm³/mol. The lowest BCUT2D eigenvalue weighted by Gasteiger charge is -2.25. The smallest absolute Gasteiger partial charge is 0.0898 e. The number of rotatable bonds is 6. The van der Waals surface area contributed by atoms with Gasteiger partial charge in [-0.15, -0.1) is 23.2 Å². The van der Waals surface area contributed by atoms with Crippen molar-refractivity contribution in [2.24, 2.45) is 0 Å². The molecule has 0 aromatic rings. The first-order valence-corrected chi connectivity index (χ1v) is 8.33. The lowest BCUT2D eigenvalue weighted by atomic mass is 10.0. The molecule has 1 N–H and O–H groups in total. The number of hydrogen-bond donors (Lipinski definition) is 1. The maximum atomic E-state index is 9.90. The van der Waals surface area contributed by atoms with Crippen LogP contribution < -0.4 is 0 Å². The Balaban J connectivity index is 4.37. The fourth-order valence-electron chi connectivity index (χ4n) is 0.944. The van der Waals surface area contributed by atoms with Gasteiger partial charge in [0.15, 0.2) is 0 Å². The Hall–Kier alpha value is 1.72. The molecule has 96 valence electrons. The molecule has 0 aliphatic rings. The van der Waals surface area contributed by atoms with Crippen molar-refractivity contribution in [2.45, 2.75) is 39.8 Å². The molecular weight excluding hydrogens is 447 g/mol. The Morgan fingerprint density at radius 1 is 1.50 bits per heavy atom. The maximum absolute atomic E-state index is 9.90. The van der Waals surface area contributed by atoms with Gasteiger partial charge in [0, 0.05) is 5.88 Å². The van der Waals surface area contributed by atoms with Crippen LogP contribution in [0.15, 0.2) is 11.6 Å². The fraction of sp³-hybridized carbons (Fsp3) is 0.800. The van der Waals surface area contributed by atoms with Crippen LogP contribution in [0, 0.1) is 0 Å². The Kier molecular flexibility index (Phi) is 8.86. The average molecular weight is 462 g/mol. The van der Waals surface area contributed by atoms with Crippen LogP contribution >= 0.6 is 71.0 Å². The summed E-state index contributed by atoms with van der Waals surface area (Å²) in [5, 5.41) is 9.77. The van der Waals surface area contributed by atoms with Crippen molar-refractivity contribution in [3.63, 3.8) is 0 Å². The second-order valence-electron chi connectivity index (χ2n) is 3.85. The van der Waals surface area contributed by atoms with Gasteiger partial charge < -0.3 is 5.11 Å². The summed E-state index contributed by atoms with van der Waals surface area (Å²) >= 11 is 22.0. The molecule has 0 aromatic heterocycles. The minimum Gasteiger partial charge on any atom is -0.391 e. The van der Waals surface area contributed by atoms with E-state index in [2.05, 4.69) is 47.8 Å². The number of alkyl halides is 5. The molecule has 0 rings (SSSR count). The highest BCUT2D eigenvalue weighted by molar-refractivity contribution is 9.24. The summed E-state index contributed by atoms with van der Waals surface area (Å²) in [4.78, 5) is 0. The highest BCUT2D eigenvalue weighted by Gasteiger charge is 2.28. The molecule has 0 bridgehead atoms. The first-order valence-electron chi connectivity index (χ1n) is 4.74. The molecule has 0 amide bonds. The van der Waals surface area contributed by atoms with Crippen molar-refractivity contribution in [1.29, 1.82) is 0 Å². The van der Waals surface area contributed by atoms with Gasteiger partial charge >= 0.3 is 0 Å². The van der Waals surface area contributed by atoms with Crippen molar-refractivity contribution < 1.29 is 5.11 Å². The van der Waals surface area contributed by atoms with E-state index < -0.39 is 10.4 Å². The number of allylic oxidation sites excluding steroid dienone is 1. The van der Waals surface area contributed by atoms with Crippen molar-refractivity contribution in [1.82, 2.24) is 0 Å². The van der Waals surface area contributed by atoms with Crippen LogP contribution in [0.3, 0.4) is 0 Å². The molecule has 0 spiro atoms. The lowest BCUT2D eigenvalue weighted by molar-refractivity contribution is 0.149. The van der Waals surface area contributed by atoms with Gasteiger partial charge in [0.25, 0.3) is 0 Å². The summed E-state index contributed by atoms with van der Waals surface area (Å²) in [6, 6.07) is 0. The quantitative estimate of drug-likeness (QED) is 0.445. The van der Waals surface area contributed by atoms with E-state index in [9.17, 15) is 5.11 Å². The highest BCUT2D eigenvalue weighted by Crippen LogP contribution is 2.28. The molecule has 3 atom stereocenters. The van der Waals surface area contributed by atoms with Crippen LogP contribution in [-0.4, -0.2) is 30.5 Å². The summed E-state index contributed by atoms with van der Waals surface area (Å²) < 4.78 is -0.437. The summed E-state index contributed by atoms with van der Waals surface area (Å²) in [6.45, 7) is 3.80. The number of aliphatic hydroxyl groups excluding tert-OH is 1. The van der Waals surface area contributed by atoms with Crippen molar-refractivity contribution in [3.8, 4) is 0 Å². The predicted octanol–water partition coefficient (Wildman–Crippen LogP) is 4.80. The topological polar surface area (TPSA) is 20.2 Å². The lowest BCUT2D eigenvalue weighted by Crippen LogP contribution is -2.34. The zero-order chi connectivity index (χ0) is 12.9. The van der Waals surface area contributed by atoms with E-state index in [1.807, 2.05) is 19.9 Å². The molecular formula is C10H15Br3Cl2O. The van der Waals surface area contributed by atoms with Crippen LogP contribution in [0.1, 0.15) is 20.3 Å². The fourth-order valence-corrected chi connectivity index (χ4v) is 2.23. The first kappa shape index (κ1) is 17.7. The Bertz CT molecular complexity index is 244. The third-order valence-corrected chi connectivity index (χ3v) is 6.22. The maximum Gasteiger partial charge on any atom is 0.0898 e. The largest absolute Gasteiger partial charge is 0.391 e. The van der Waals surface area contributed by atoms with Crippen molar-refractivity contribution in [3.05, 3.63) is 11.6 Å². The van der Waals surface area contributed by atoms with Gasteiger partial charge in [-0.1, -0.05) is 59.4 Å². The SMILES string of the molecule is CC(=CCC(O)C(C)(Br)CCl)C(Cl)C(Br)Br. The second kappa shape index (κ2) is 8.00. The Morgan fingerprint density at radius 3 is 2.38 bits per heavy atom. The zero-order valence-electron chi connectivity index (χ0n) is 9.06. The highest BCUT2D eigenvalue weighted by atomic mass is 79.9. The Morgan fingerprint density at radius 2 is 2.00 bits per heavy atom. The van der Waals surface area contributed by atoms with E-state index in [1.54, 1.807) is 0 Å². The van der Waals surface area contributed by atoms with Gasteiger partial charge in [-0.3, -0.25) is 0 Å². The standard InChI is InChI=1S/C10H15Br3Cl2O/c1-6(8(15)9(11)12)3-4-7(16)10(2,13)5-14/h3,7-9,16H,4-5H2,1-2H3. The first-order chi connectivity index (χ1) is 7.22. The molecule has 6 heteroatoms. The van der Waals surface area contributed by atoms with Gasteiger partial charge in [0.2, 0.25) is 0 Å². The zero-order valence-corrected chi connectivity index (χ0v) is 15.3. The summed E-state index contributed by atoms with van der Waals surface area (Å²) in [6.07, 6.45) is 1.92. The van der Waals surface area contributed by atoms with Crippen molar-refractivity contribution in [2.75, 3.05) is 5.88 Å². The third kappa shape index (κ3) is 6.05. The van der Waals surface area contributed by atoms with E-state index >= 15 is 0 Å². The number of hydrogen-bond acceptors (Lipinski definition) is 1. The van der Waals surface area contributed by atoms with Gasteiger partial charge in [-0.25, -0.2) is 0 Å². The van der Waals surface area contributed by atoms with E-state index in [4.69, 9.17) is 23.2 Å². The van der Waals surface area contributed by atoms with E-state index in [1.165, 1.54) is 0 Å². The Labute approximate surface area is 132 Å². The normalized spacial score (nSPS) is 20.7. The van der Waals surface area contributed by atoms with Gasteiger partial charge in [-0.05, 0) is 20.3 Å². The summed E-state index contributed by atoms with van der Waals surface area (Å²) in [5.74, 6) is 0.352. The number of halogens is 5. The monoisotopic (exact) mass is 458 g/mol.